The summed E-state index contributed by atoms with van der Waals surface area (Å²) >= 11 is -1.99. The predicted octanol–water partition coefficient (Wildman–Crippen LogP) is 3.52. The van der Waals surface area contributed by atoms with E-state index in [9.17, 15) is 17.4 Å². The van der Waals surface area contributed by atoms with E-state index in [0.29, 0.717) is 11.3 Å². The Morgan fingerprint density at radius 3 is 2.21 bits per heavy atom. The third-order valence-electron chi connectivity index (χ3n) is 3.73. The maximum Gasteiger partial charge on any atom is 0.435 e. The van der Waals surface area contributed by atoms with Gasteiger partial charge in [0.1, 0.15) is 5.75 Å². The summed E-state index contributed by atoms with van der Waals surface area (Å²) < 4.78 is 56.5. The summed E-state index contributed by atoms with van der Waals surface area (Å²) in [6, 6.07) is 13.8. The van der Waals surface area contributed by atoms with Gasteiger partial charge in [0.25, 0.3) is 11.3 Å². The molecule has 0 saturated carbocycles. The maximum absolute atomic E-state index is 13.2. The number of nitrogens with two attached hydrogens (primary N) is 1. The molecule has 3 aromatic rings. The van der Waals surface area contributed by atoms with E-state index in [2.05, 4.69) is 10.4 Å². The molecule has 1 aromatic heterocycles. The molecule has 0 saturated heterocycles. The quantitative estimate of drug-likeness (QED) is 0.456. The van der Waals surface area contributed by atoms with E-state index < -0.39 is 23.1 Å². The molecule has 0 spiro atoms. The molecule has 11 heteroatoms. The average molecular weight is 623 g/mol. The van der Waals surface area contributed by atoms with Crippen molar-refractivity contribution in [1.82, 2.24) is 9.78 Å². The Bertz CT molecular complexity index is 960. The first-order chi connectivity index (χ1) is 12.8. The molecule has 1 unspecified atom stereocenters. The van der Waals surface area contributed by atoms with Crippen molar-refractivity contribution in [3.05, 3.63) is 60.3 Å². The molecule has 1 radical (unpaired) electrons. The maximum atomic E-state index is 13.2. The van der Waals surface area contributed by atoms with Crippen molar-refractivity contribution in [3.63, 3.8) is 0 Å². The molecule has 1 heterocycles. The van der Waals surface area contributed by atoms with E-state index in [4.69, 9.17) is 9.32 Å². The largest absolute Gasteiger partial charge is 0.435 e. The van der Waals surface area contributed by atoms with Gasteiger partial charge < -0.3 is 9.50 Å². The number of hydrogen-bond acceptors (Lipinski definition) is 4. The molecule has 1 atom stereocenters. The second-order valence-electron chi connectivity index (χ2n) is 5.49. The fourth-order valence-corrected chi connectivity index (χ4v) is 2.77. The van der Waals surface area contributed by atoms with Crippen LogP contribution in [0.5, 0.6) is 5.75 Å². The number of halogens is 3. The Labute approximate surface area is 197 Å². The Balaban J connectivity index is 0.00000280. The minimum atomic E-state index is -4.58. The fraction of sp³-hybridized carbons (Fsp3) is 0.118. The molecular weight excluding hydrogens is 608 g/mol. The van der Waals surface area contributed by atoms with Crippen molar-refractivity contribution in [3.8, 4) is 22.7 Å². The van der Waals surface area contributed by atoms with Crippen LogP contribution in [0.4, 0.5) is 18.9 Å². The topological polar surface area (TPSA) is 82.2 Å². The van der Waals surface area contributed by atoms with Crippen molar-refractivity contribution in [1.29, 1.82) is 0 Å². The molecule has 0 amide bonds. The third-order valence-corrected chi connectivity index (χ3v) is 4.09. The predicted molar refractivity (Wildman–Crippen MR) is 96.5 cm³/mol. The van der Waals surface area contributed by atoms with Crippen molar-refractivity contribution in [2.45, 2.75) is 6.18 Å². The smallest absolute Gasteiger partial charge is 0.389 e. The van der Waals surface area contributed by atoms with Crippen molar-refractivity contribution in [2.24, 2.45) is 5.14 Å². The average Bonchev–Trinajstić information content (AvgIpc) is 3.08. The molecule has 145 valence electrons. The van der Waals surface area contributed by atoms with Gasteiger partial charge in [-0.25, -0.2) is 9.82 Å². The summed E-state index contributed by atoms with van der Waals surface area (Å²) in [7, 11) is 1.75. The SMILES string of the molecule is CNc1ccc(-c2cc(C(F)(F)F)nn2-c2ccc(OS(N)=O)cc2)cc1.[Ac]. The number of aromatic nitrogens is 2. The molecule has 3 rings (SSSR count). The molecule has 0 fully saturated rings. The van der Waals surface area contributed by atoms with Crippen LogP contribution in [0.1, 0.15) is 5.69 Å². The van der Waals surface area contributed by atoms with Gasteiger partial charge in [0.2, 0.25) is 0 Å². The summed E-state index contributed by atoms with van der Waals surface area (Å²) in [6.45, 7) is 0. The monoisotopic (exact) mass is 623 g/mol. The van der Waals surface area contributed by atoms with Gasteiger partial charge in [-0.05, 0) is 42.5 Å². The molecule has 0 aliphatic carbocycles. The van der Waals surface area contributed by atoms with Crippen molar-refractivity contribution in [2.75, 3.05) is 12.4 Å². The summed E-state index contributed by atoms with van der Waals surface area (Å²) in [4.78, 5) is 0. The number of nitrogens with zero attached hydrogens (tertiary/aromatic N) is 2. The van der Waals surface area contributed by atoms with Gasteiger partial charge >= 0.3 is 6.18 Å². The van der Waals surface area contributed by atoms with E-state index >= 15 is 0 Å². The van der Waals surface area contributed by atoms with Crippen LogP contribution in [0.15, 0.2) is 54.6 Å². The molecule has 28 heavy (non-hydrogen) atoms. The molecule has 6 nitrogen and oxygen atoms in total. The van der Waals surface area contributed by atoms with Crippen LogP contribution in [-0.2, 0) is 17.4 Å². The van der Waals surface area contributed by atoms with Crippen LogP contribution < -0.4 is 14.6 Å². The van der Waals surface area contributed by atoms with Gasteiger partial charge in [0.15, 0.2) is 5.69 Å². The first-order valence-corrected chi connectivity index (χ1v) is 8.82. The Kier molecular flexibility index (Phi) is 7.67. The minimum absolute atomic E-state index is 0. The number of benzene rings is 2. The molecule has 0 aliphatic heterocycles. The van der Waals surface area contributed by atoms with E-state index in [-0.39, 0.29) is 55.5 Å². The number of nitrogens with one attached hydrogen (secondary N) is 1. The first kappa shape index (κ1) is 22.9. The van der Waals surface area contributed by atoms with Gasteiger partial charge in [-0.1, -0.05) is 12.1 Å². The number of rotatable bonds is 5. The third kappa shape index (κ3) is 5.35. The van der Waals surface area contributed by atoms with Gasteiger partial charge in [-0.3, -0.25) is 0 Å². The molecule has 0 bridgehead atoms. The van der Waals surface area contributed by atoms with E-state index in [0.717, 1.165) is 11.8 Å². The van der Waals surface area contributed by atoms with E-state index in [1.165, 1.54) is 28.9 Å². The molecule has 3 N–H and O–H groups in total. The normalized spacial score (nSPS) is 12.2. The summed E-state index contributed by atoms with van der Waals surface area (Å²) in [5.74, 6) is 0.225. The Hall–Kier alpha value is -1.41. The van der Waals surface area contributed by atoms with E-state index in [1.807, 2.05) is 0 Å². The Morgan fingerprint density at radius 2 is 1.71 bits per heavy atom. The molecule has 0 aliphatic rings. The number of anilines is 1. The van der Waals surface area contributed by atoms with Gasteiger partial charge in [-0.2, -0.15) is 22.5 Å². The number of hydrogen-bond donors (Lipinski definition) is 2. The van der Waals surface area contributed by atoms with Gasteiger partial charge in [0.05, 0.1) is 11.4 Å². The van der Waals surface area contributed by atoms with Crippen molar-refractivity contribution >= 4 is 17.0 Å². The zero-order chi connectivity index (χ0) is 19.6. The second-order valence-corrected chi connectivity index (χ2v) is 6.18. The Morgan fingerprint density at radius 1 is 1.11 bits per heavy atom. The van der Waals surface area contributed by atoms with Crippen LogP contribution >= 0.6 is 0 Å². The second kappa shape index (κ2) is 9.39. The van der Waals surface area contributed by atoms with E-state index in [1.54, 1.807) is 31.3 Å². The van der Waals surface area contributed by atoms with Crippen LogP contribution in [0.2, 0.25) is 0 Å². The minimum Gasteiger partial charge on any atom is -0.389 e. The molecular formula is C17H15AcF3N4O2S. The molecule has 2 aromatic carbocycles. The van der Waals surface area contributed by atoms with Crippen LogP contribution in [0.25, 0.3) is 16.9 Å². The van der Waals surface area contributed by atoms with Crippen LogP contribution in [-0.4, -0.2) is 21.0 Å². The standard InChI is InChI=1S/C17H15F3N4O2S.Ac/c1-22-12-4-2-11(3-5-12)15-10-16(17(18,19)20)23-24(15)13-6-8-14(9-7-13)26-27(21)25;/h2-10,22H,21H2,1H3;. The summed E-state index contributed by atoms with van der Waals surface area (Å²) in [6.07, 6.45) is -4.58. The zero-order valence-electron chi connectivity index (χ0n) is 14.6. The first-order valence-electron chi connectivity index (χ1n) is 7.68. The van der Waals surface area contributed by atoms with Crippen LogP contribution in [0.3, 0.4) is 0 Å². The van der Waals surface area contributed by atoms with Gasteiger partial charge in [-0.15, -0.1) is 0 Å². The summed E-state index contributed by atoms with van der Waals surface area (Å²) in [5.41, 5.74) is 1.06. The zero-order valence-corrected chi connectivity index (χ0v) is 20.2. The van der Waals surface area contributed by atoms with Gasteiger partial charge in [0, 0.05) is 62.4 Å². The van der Waals surface area contributed by atoms with Crippen LogP contribution in [0, 0.1) is 44.1 Å². The fourth-order valence-electron chi connectivity index (χ4n) is 2.47. The van der Waals surface area contributed by atoms with Crippen molar-refractivity contribution < 1.29 is 65.6 Å². The summed E-state index contributed by atoms with van der Waals surface area (Å²) in [5, 5.41) is 11.7. The number of alkyl halides is 3.